The van der Waals surface area contributed by atoms with Crippen LogP contribution in [0.25, 0.3) is 0 Å². The normalized spacial score (nSPS) is 20.0. The van der Waals surface area contributed by atoms with Gasteiger partial charge in [0.15, 0.2) is 0 Å². The van der Waals surface area contributed by atoms with Crippen LogP contribution in [0.4, 0.5) is 4.39 Å². The summed E-state index contributed by atoms with van der Waals surface area (Å²) in [6.07, 6.45) is 24.2. The lowest BCUT2D eigenvalue weighted by atomic mass is 9.67. The Bertz CT molecular complexity index is 659. The average molecular weight is 413 g/mol. The molecule has 0 amide bonds. The van der Waals surface area contributed by atoms with Crippen LogP contribution >= 0.6 is 0 Å². The van der Waals surface area contributed by atoms with Crippen LogP contribution in [-0.4, -0.2) is 0 Å². The Kier molecular flexibility index (Phi) is 9.47. The van der Waals surface area contributed by atoms with Crippen molar-refractivity contribution in [2.45, 2.75) is 129 Å². The van der Waals surface area contributed by atoms with E-state index in [-0.39, 0.29) is 5.82 Å². The number of hydrogen-bond acceptors (Lipinski definition) is 0. The van der Waals surface area contributed by atoms with Crippen LogP contribution in [0.15, 0.2) is 29.8 Å². The molecular formula is C29H45F. The van der Waals surface area contributed by atoms with Gasteiger partial charge in [0.05, 0.1) is 0 Å². The molecule has 0 nitrogen and oxygen atoms in total. The van der Waals surface area contributed by atoms with Crippen molar-refractivity contribution in [2.24, 2.45) is 5.41 Å². The van der Waals surface area contributed by atoms with Crippen molar-refractivity contribution in [1.82, 2.24) is 0 Å². The third-order valence-electron chi connectivity index (χ3n) is 7.96. The van der Waals surface area contributed by atoms with Gasteiger partial charge >= 0.3 is 0 Å². The minimum atomic E-state index is 0.0320. The fourth-order valence-electron chi connectivity index (χ4n) is 6.12. The first-order valence-electron chi connectivity index (χ1n) is 13.1. The molecule has 0 N–H and O–H groups in total. The molecule has 30 heavy (non-hydrogen) atoms. The van der Waals surface area contributed by atoms with Crippen molar-refractivity contribution in [3.63, 3.8) is 0 Å². The van der Waals surface area contributed by atoms with Gasteiger partial charge in [-0.25, -0.2) is 4.39 Å². The average Bonchev–Trinajstić information content (AvgIpc) is 2.77. The molecule has 2 aliphatic rings. The van der Waals surface area contributed by atoms with Crippen molar-refractivity contribution in [3.8, 4) is 0 Å². The number of halogens is 1. The van der Waals surface area contributed by atoms with Gasteiger partial charge in [-0.2, -0.15) is 0 Å². The van der Waals surface area contributed by atoms with Crippen molar-refractivity contribution < 1.29 is 4.39 Å². The Hall–Kier alpha value is -1.11. The topological polar surface area (TPSA) is 0 Å². The molecule has 0 aliphatic heterocycles. The Labute approximate surface area is 185 Å². The van der Waals surface area contributed by atoms with Crippen LogP contribution in [0, 0.1) is 11.2 Å². The highest BCUT2D eigenvalue weighted by molar-refractivity contribution is 5.29. The zero-order valence-corrected chi connectivity index (χ0v) is 19.8. The number of hydrogen-bond donors (Lipinski definition) is 0. The predicted molar refractivity (Wildman–Crippen MR) is 129 cm³/mol. The second kappa shape index (κ2) is 12.1. The smallest absolute Gasteiger partial charge is 0.126 e. The standard InChI is InChI=1S/C29H45F/c1-3-5-14-25-15-16-26(23-28(25)30)27(22-24-12-8-6-9-13-24)17-21-29(18-4-2)19-10-7-11-20-29/h12,15-16,23,27H,3-11,13-14,17-22H2,1-2H3. The molecule has 1 saturated carbocycles. The lowest BCUT2D eigenvalue weighted by Gasteiger charge is -2.39. The predicted octanol–water partition coefficient (Wildman–Crippen LogP) is 9.67. The monoisotopic (exact) mass is 412 g/mol. The first-order valence-corrected chi connectivity index (χ1v) is 13.1. The van der Waals surface area contributed by atoms with E-state index >= 15 is 0 Å². The molecule has 1 atom stereocenters. The molecule has 0 spiro atoms. The zero-order valence-electron chi connectivity index (χ0n) is 19.8. The van der Waals surface area contributed by atoms with Crippen molar-refractivity contribution in [2.75, 3.05) is 0 Å². The van der Waals surface area contributed by atoms with Gasteiger partial charge in [-0.05, 0) is 106 Å². The summed E-state index contributed by atoms with van der Waals surface area (Å²) in [5.41, 5.74) is 4.36. The SMILES string of the molecule is CCCCc1ccc(C(CCC2(CCC)CCCCC2)CC2=CCCCC2)cc1F. The fraction of sp³-hybridized carbons (Fsp3) is 0.724. The molecule has 0 saturated heterocycles. The minimum Gasteiger partial charge on any atom is -0.207 e. The van der Waals surface area contributed by atoms with Gasteiger partial charge in [-0.1, -0.05) is 69.7 Å². The van der Waals surface area contributed by atoms with E-state index < -0.39 is 0 Å². The van der Waals surface area contributed by atoms with Gasteiger partial charge in [0, 0.05) is 0 Å². The van der Waals surface area contributed by atoms with Gasteiger partial charge in [0.25, 0.3) is 0 Å². The summed E-state index contributed by atoms with van der Waals surface area (Å²) < 4.78 is 14.9. The summed E-state index contributed by atoms with van der Waals surface area (Å²) in [5, 5.41) is 0. The van der Waals surface area contributed by atoms with Gasteiger partial charge in [-0.3, -0.25) is 0 Å². The maximum atomic E-state index is 14.9. The van der Waals surface area contributed by atoms with Gasteiger partial charge in [-0.15, -0.1) is 0 Å². The summed E-state index contributed by atoms with van der Waals surface area (Å²) in [6.45, 7) is 4.53. The largest absolute Gasteiger partial charge is 0.207 e. The summed E-state index contributed by atoms with van der Waals surface area (Å²) >= 11 is 0. The lowest BCUT2D eigenvalue weighted by molar-refractivity contribution is 0.147. The molecule has 1 heteroatoms. The van der Waals surface area contributed by atoms with E-state index in [9.17, 15) is 4.39 Å². The van der Waals surface area contributed by atoms with Crippen LogP contribution in [0.2, 0.25) is 0 Å². The van der Waals surface area contributed by atoms with Crippen LogP contribution in [0.3, 0.4) is 0 Å². The summed E-state index contributed by atoms with van der Waals surface area (Å²) in [6, 6.07) is 6.24. The Balaban J connectivity index is 1.76. The summed E-state index contributed by atoms with van der Waals surface area (Å²) in [7, 11) is 0. The molecule has 0 heterocycles. The van der Waals surface area contributed by atoms with E-state index in [2.05, 4.69) is 32.1 Å². The third kappa shape index (κ3) is 6.69. The molecule has 3 rings (SSSR count). The number of unbranched alkanes of at least 4 members (excludes halogenated alkanes) is 1. The molecule has 0 aromatic heterocycles. The Morgan fingerprint density at radius 3 is 2.47 bits per heavy atom. The molecule has 0 radical (unpaired) electrons. The molecule has 0 bridgehead atoms. The highest BCUT2D eigenvalue weighted by Gasteiger charge is 2.32. The maximum Gasteiger partial charge on any atom is 0.126 e. The molecule has 1 aromatic rings. The fourth-order valence-corrected chi connectivity index (χ4v) is 6.12. The van der Waals surface area contributed by atoms with E-state index in [1.54, 1.807) is 5.57 Å². The van der Waals surface area contributed by atoms with Crippen LogP contribution < -0.4 is 0 Å². The third-order valence-corrected chi connectivity index (χ3v) is 7.96. The van der Waals surface area contributed by atoms with E-state index in [4.69, 9.17) is 0 Å². The van der Waals surface area contributed by atoms with Gasteiger partial charge in [0.1, 0.15) is 5.82 Å². The van der Waals surface area contributed by atoms with Crippen LogP contribution in [-0.2, 0) is 6.42 Å². The quantitative estimate of drug-likeness (QED) is 0.317. The maximum absolute atomic E-state index is 14.9. The second-order valence-corrected chi connectivity index (χ2v) is 10.3. The molecule has 168 valence electrons. The van der Waals surface area contributed by atoms with E-state index in [1.165, 1.54) is 89.0 Å². The van der Waals surface area contributed by atoms with E-state index in [0.29, 0.717) is 11.3 Å². The minimum absolute atomic E-state index is 0.0320. The van der Waals surface area contributed by atoms with E-state index in [0.717, 1.165) is 31.2 Å². The van der Waals surface area contributed by atoms with E-state index in [1.807, 2.05) is 6.07 Å². The van der Waals surface area contributed by atoms with Gasteiger partial charge in [0.2, 0.25) is 0 Å². The molecule has 1 fully saturated rings. The van der Waals surface area contributed by atoms with Crippen molar-refractivity contribution >= 4 is 0 Å². The van der Waals surface area contributed by atoms with Crippen LogP contribution in [0.1, 0.15) is 134 Å². The van der Waals surface area contributed by atoms with Crippen molar-refractivity contribution in [1.29, 1.82) is 0 Å². The highest BCUT2D eigenvalue weighted by Crippen LogP contribution is 2.46. The van der Waals surface area contributed by atoms with Gasteiger partial charge < -0.3 is 0 Å². The first-order chi connectivity index (χ1) is 14.7. The molecule has 1 aromatic carbocycles. The van der Waals surface area contributed by atoms with Crippen molar-refractivity contribution in [3.05, 3.63) is 46.8 Å². The molecular weight excluding hydrogens is 367 g/mol. The number of allylic oxidation sites excluding steroid dienone is 2. The number of rotatable bonds is 11. The number of aryl methyl sites for hydroxylation is 1. The summed E-state index contributed by atoms with van der Waals surface area (Å²) in [5.74, 6) is 0.518. The second-order valence-electron chi connectivity index (χ2n) is 10.3. The zero-order chi connectivity index (χ0) is 21.2. The molecule has 2 aliphatic carbocycles. The highest BCUT2D eigenvalue weighted by atomic mass is 19.1. The lowest BCUT2D eigenvalue weighted by Crippen LogP contribution is -2.25. The first kappa shape index (κ1) is 23.6. The Morgan fingerprint density at radius 1 is 0.967 bits per heavy atom. The molecule has 1 unspecified atom stereocenters. The number of benzene rings is 1. The summed E-state index contributed by atoms with van der Waals surface area (Å²) in [4.78, 5) is 0. The Morgan fingerprint density at radius 2 is 1.80 bits per heavy atom. The van der Waals surface area contributed by atoms with Crippen LogP contribution in [0.5, 0.6) is 0 Å².